The second-order valence-electron chi connectivity index (χ2n) is 6.90. The van der Waals surface area contributed by atoms with Gasteiger partial charge in [-0.2, -0.15) is 0 Å². The first-order chi connectivity index (χ1) is 13.5. The Hall–Kier alpha value is -2.73. The molecule has 0 aliphatic carbocycles. The number of benzene rings is 2. The summed E-state index contributed by atoms with van der Waals surface area (Å²) >= 11 is 6.24. The van der Waals surface area contributed by atoms with Gasteiger partial charge in [-0.05, 0) is 43.0 Å². The highest BCUT2D eigenvalue weighted by molar-refractivity contribution is 6.31. The van der Waals surface area contributed by atoms with E-state index in [0.717, 1.165) is 37.3 Å². The fourth-order valence-corrected chi connectivity index (χ4v) is 3.81. The van der Waals surface area contributed by atoms with E-state index >= 15 is 0 Å². The van der Waals surface area contributed by atoms with Crippen molar-refractivity contribution in [2.75, 3.05) is 23.3 Å². The number of hydrogen-bond donors (Lipinski definition) is 3. The van der Waals surface area contributed by atoms with Crippen LogP contribution < -0.4 is 21.3 Å². The van der Waals surface area contributed by atoms with Gasteiger partial charge in [-0.3, -0.25) is 4.79 Å². The molecule has 1 unspecified atom stereocenters. The summed E-state index contributed by atoms with van der Waals surface area (Å²) in [5.41, 5.74) is 7.75. The Morgan fingerprint density at radius 1 is 1.04 bits per heavy atom. The fourth-order valence-electron chi connectivity index (χ4n) is 3.54. The van der Waals surface area contributed by atoms with Crippen LogP contribution in [0.15, 0.2) is 48.5 Å². The Labute approximate surface area is 170 Å². The van der Waals surface area contributed by atoms with Crippen LogP contribution in [-0.2, 0) is 4.79 Å². The number of carbonyl (C=O) groups excluding carboxylic acids is 2. The second-order valence-corrected chi connectivity index (χ2v) is 7.31. The molecule has 148 valence electrons. The molecule has 1 atom stereocenters. The average molecular weight is 401 g/mol. The number of nitrogens with one attached hydrogen (secondary N) is 2. The minimum Gasteiger partial charge on any atom is -0.370 e. The molecule has 1 aliphatic rings. The molecule has 7 heteroatoms. The monoisotopic (exact) mass is 400 g/mol. The molecule has 4 N–H and O–H groups in total. The predicted octanol–water partition coefficient (Wildman–Crippen LogP) is 4.07. The van der Waals surface area contributed by atoms with Crippen LogP contribution in [0, 0.1) is 0 Å². The molecule has 3 rings (SSSR count). The van der Waals surface area contributed by atoms with E-state index in [0.29, 0.717) is 10.6 Å². The van der Waals surface area contributed by atoms with Gasteiger partial charge in [0.1, 0.15) is 0 Å². The summed E-state index contributed by atoms with van der Waals surface area (Å²) in [4.78, 5) is 26.5. The molecular weight excluding hydrogens is 376 g/mol. The van der Waals surface area contributed by atoms with E-state index in [1.165, 1.54) is 6.42 Å². The molecule has 1 heterocycles. The van der Waals surface area contributed by atoms with Crippen molar-refractivity contribution in [3.63, 3.8) is 0 Å². The summed E-state index contributed by atoms with van der Waals surface area (Å²) < 4.78 is 0. The number of amides is 3. The first kappa shape index (κ1) is 20.0. The lowest BCUT2D eigenvalue weighted by molar-refractivity contribution is -0.116. The molecule has 2 aromatic rings. The van der Waals surface area contributed by atoms with Crippen LogP contribution in [-0.4, -0.2) is 25.0 Å². The molecule has 1 aliphatic heterocycles. The van der Waals surface area contributed by atoms with Gasteiger partial charge in [-0.15, -0.1) is 0 Å². The van der Waals surface area contributed by atoms with Crippen molar-refractivity contribution in [1.29, 1.82) is 0 Å². The molecule has 0 spiro atoms. The summed E-state index contributed by atoms with van der Waals surface area (Å²) in [6.07, 6.45) is 3.57. The number of hydrogen-bond acceptors (Lipinski definition) is 3. The standard InChI is InChI=1S/C21H25ClN4O2/c22-16-9-3-2-8-15(16)18(25-21(23)28)14-20(27)24-17-10-4-5-11-19(17)26-12-6-1-7-13-26/h2-5,8-11,18H,1,6-7,12-14H2,(H,24,27)(H3,23,25,28). The Morgan fingerprint density at radius 3 is 2.43 bits per heavy atom. The lowest BCUT2D eigenvalue weighted by atomic mass is 10.0. The van der Waals surface area contributed by atoms with Crippen LogP contribution in [0.2, 0.25) is 5.02 Å². The van der Waals surface area contributed by atoms with Gasteiger partial charge in [0, 0.05) is 18.1 Å². The Bertz CT molecular complexity index is 837. The van der Waals surface area contributed by atoms with Crippen molar-refractivity contribution in [3.8, 4) is 0 Å². The van der Waals surface area contributed by atoms with Crippen LogP contribution in [0.4, 0.5) is 16.2 Å². The number of halogens is 1. The Morgan fingerprint density at radius 2 is 1.71 bits per heavy atom. The minimum atomic E-state index is -0.702. The number of nitrogens with zero attached hydrogens (tertiary/aromatic N) is 1. The van der Waals surface area contributed by atoms with Crippen molar-refractivity contribution >= 4 is 34.9 Å². The molecular formula is C21H25ClN4O2. The van der Waals surface area contributed by atoms with Crippen LogP contribution >= 0.6 is 11.6 Å². The summed E-state index contributed by atoms with van der Waals surface area (Å²) in [5.74, 6) is -0.219. The zero-order chi connectivity index (χ0) is 19.9. The van der Waals surface area contributed by atoms with Crippen LogP contribution in [0.1, 0.15) is 37.3 Å². The number of primary amides is 1. The quantitative estimate of drug-likeness (QED) is 0.683. The average Bonchev–Trinajstić information content (AvgIpc) is 2.68. The molecule has 0 saturated carbocycles. The first-order valence-electron chi connectivity index (χ1n) is 9.49. The van der Waals surface area contributed by atoms with Crippen molar-refractivity contribution < 1.29 is 9.59 Å². The molecule has 0 aromatic heterocycles. The van der Waals surface area contributed by atoms with Gasteiger partial charge in [0.25, 0.3) is 0 Å². The van der Waals surface area contributed by atoms with Crippen LogP contribution in [0.3, 0.4) is 0 Å². The smallest absolute Gasteiger partial charge is 0.312 e. The molecule has 3 amide bonds. The van der Waals surface area contributed by atoms with Crippen molar-refractivity contribution in [3.05, 3.63) is 59.1 Å². The topological polar surface area (TPSA) is 87.5 Å². The summed E-state index contributed by atoms with van der Waals surface area (Å²) in [6.45, 7) is 1.97. The lowest BCUT2D eigenvalue weighted by Gasteiger charge is -2.30. The lowest BCUT2D eigenvalue weighted by Crippen LogP contribution is -2.35. The molecule has 0 radical (unpaired) electrons. The van der Waals surface area contributed by atoms with Gasteiger partial charge in [-0.25, -0.2) is 4.79 Å². The zero-order valence-electron chi connectivity index (χ0n) is 15.7. The first-order valence-corrected chi connectivity index (χ1v) is 9.86. The number of rotatable bonds is 6. The second kappa shape index (κ2) is 9.46. The number of piperidine rings is 1. The van der Waals surface area contributed by atoms with E-state index < -0.39 is 12.1 Å². The highest BCUT2D eigenvalue weighted by Gasteiger charge is 2.21. The normalized spacial score (nSPS) is 15.0. The highest BCUT2D eigenvalue weighted by Crippen LogP contribution is 2.30. The van der Waals surface area contributed by atoms with Crippen molar-refractivity contribution in [2.45, 2.75) is 31.7 Å². The van der Waals surface area contributed by atoms with Gasteiger partial charge in [-0.1, -0.05) is 41.9 Å². The van der Waals surface area contributed by atoms with Gasteiger partial charge in [0.2, 0.25) is 5.91 Å². The minimum absolute atomic E-state index is 0.0288. The molecule has 1 fully saturated rings. The van der Waals surface area contributed by atoms with Crippen LogP contribution in [0.25, 0.3) is 0 Å². The van der Waals surface area contributed by atoms with Gasteiger partial charge >= 0.3 is 6.03 Å². The largest absolute Gasteiger partial charge is 0.370 e. The maximum atomic E-state index is 12.8. The fraction of sp³-hybridized carbons (Fsp3) is 0.333. The number of para-hydroxylation sites is 2. The van der Waals surface area contributed by atoms with Crippen molar-refractivity contribution in [1.82, 2.24) is 5.32 Å². The summed E-state index contributed by atoms with van der Waals surface area (Å²) in [5, 5.41) is 6.07. The molecule has 1 saturated heterocycles. The third-order valence-corrected chi connectivity index (χ3v) is 5.21. The van der Waals surface area contributed by atoms with E-state index in [2.05, 4.69) is 15.5 Å². The van der Waals surface area contributed by atoms with Crippen LogP contribution in [0.5, 0.6) is 0 Å². The number of anilines is 2. The Kier molecular flexibility index (Phi) is 6.76. The Balaban J connectivity index is 1.75. The SMILES string of the molecule is NC(=O)NC(CC(=O)Nc1ccccc1N1CCCCC1)c1ccccc1Cl. The third kappa shape index (κ3) is 5.16. The maximum absolute atomic E-state index is 12.8. The number of carbonyl (C=O) groups is 2. The van der Waals surface area contributed by atoms with Crippen molar-refractivity contribution in [2.24, 2.45) is 5.73 Å². The van der Waals surface area contributed by atoms with E-state index in [1.54, 1.807) is 24.3 Å². The maximum Gasteiger partial charge on any atom is 0.312 e. The van der Waals surface area contributed by atoms with E-state index in [1.807, 2.05) is 24.3 Å². The van der Waals surface area contributed by atoms with Gasteiger partial charge in [0.15, 0.2) is 0 Å². The van der Waals surface area contributed by atoms with E-state index in [-0.39, 0.29) is 12.3 Å². The summed E-state index contributed by atoms with van der Waals surface area (Å²) in [6, 6.07) is 13.6. The molecule has 6 nitrogen and oxygen atoms in total. The third-order valence-electron chi connectivity index (χ3n) is 4.86. The molecule has 0 bridgehead atoms. The number of urea groups is 1. The number of nitrogens with two attached hydrogens (primary N) is 1. The molecule has 2 aromatic carbocycles. The summed E-state index contributed by atoms with van der Waals surface area (Å²) in [7, 11) is 0. The van der Waals surface area contributed by atoms with Gasteiger partial charge < -0.3 is 21.3 Å². The van der Waals surface area contributed by atoms with E-state index in [4.69, 9.17) is 17.3 Å². The highest BCUT2D eigenvalue weighted by atomic mass is 35.5. The zero-order valence-corrected chi connectivity index (χ0v) is 16.4. The van der Waals surface area contributed by atoms with Gasteiger partial charge in [0.05, 0.1) is 23.8 Å². The predicted molar refractivity (Wildman–Crippen MR) is 113 cm³/mol. The van der Waals surface area contributed by atoms with E-state index in [9.17, 15) is 9.59 Å². The molecule has 28 heavy (non-hydrogen) atoms.